The Morgan fingerprint density at radius 2 is 1.90 bits per heavy atom. The van der Waals surface area contributed by atoms with Crippen LogP contribution in [0.1, 0.15) is 12.8 Å². The van der Waals surface area contributed by atoms with Crippen LogP contribution in [-0.4, -0.2) is 46.5 Å². The van der Waals surface area contributed by atoms with Gasteiger partial charge in [0.25, 0.3) is 0 Å². The van der Waals surface area contributed by atoms with Gasteiger partial charge in [0, 0.05) is 19.1 Å². The van der Waals surface area contributed by atoms with Gasteiger partial charge < -0.3 is 0 Å². The summed E-state index contributed by atoms with van der Waals surface area (Å²) < 4.78 is 52.0. The van der Waals surface area contributed by atoms with Crippen LogP contribution in [0.15, 0.2) is 14.1 Å². The molecule has 1 N–H and O–H groups in total. The van der Waals surface area contributed by atoms with Crippen LogP contribution >= 0.6 is 38.9 Å². The van der Waals surface area contributed by atoms with E-state index in [1.54, 1.807) is 0 Å². The van der Waals surface area contributed by atoms with Crippen LogP contribution in [0, 0.1) is 0 Å². The number of hydrogen-bond donors (Lipinski definition) is 1. The molecule has 0 radical (unpaired) electrons. The zero-order chi connectivity index (χ0) is 15.8. The van der Waals surface area contributed by atoms with Gasteiger partial charge in [-0.05, 0) is 34.8 Å². The van der Waals surface area contributed by atoms with Gasteiger partial charge in [0.15, 0.2) is 0 Å². The highest BCUT2D eigenvalue weighted by molar-refractivity contribution is 9.11. The van der Waals surface area contributed by atoms with E-state index in [4.69, 9.17) is 11.6 Å². The Morgan fingerprint density at radius 1 is 1.33 bits per heavy atom. The first kappa shape index (κ1) is 17.6. The molecule has 1 aliphatic heterocycles. The number of thiophene rings is 1. The van der Waals surface area contributed by atoms with E-state index in [9.17, 15) is 16.8 Å². The summed E-state index contributed by atoms with van der Waals surface area (Å²) in [5.74, 6) is 0. The summed E-state index contributed by atoms with van der Waals surface area (Å²) >= 11 is 10.1. The predicted molar refractivity (Wildman–Crippen MR) is 86.8 cm³/mol. The first-order valence-electron chi connectivity index (χ1n) is 6.02. The standard InChI is InChI=1S/C10H14BrClN2O4S3/c1-20(15,16)14-4-2-7(3-5-14)13-21(17,18)9-6-8(12)10(11)19-9/h6-7,13H,2-5H2,1H3. The van der Waals surface area contributed by atoms with Crippen molar-refractivity contribution in [3.63, 3.8) is 0 Å². The zero-order valence-electron chi connectivity index (χ0n) is 11.0. The SMILES string of the molecule is CS(=O)(=O)N1CCC(NS(=O)(=O)c2cc(Cl)c(Br)s2)CC1. The largest absolute Gasteiger partial charge is 0.250 e. The highest BCUT2D eigenvalue weighted by Crippen LogP contribution is 2.34. The summed E-state index contributed by atoms with van der Waals surface area (Å²) in [4.78, 5) is 0. The molecule has 1 aromatic heterocycles. The van der Waals surface area contributed by atoms with Gasteiger partial charge in [0.05, 0.1) is 15.1 Å². The molecule has 1 aliphatic rings. The summed E-state index contributed by atoms with van der Waals surface area (Å²) in [5.41, 5.74) is 0. The third-order valence-corrected chi connectivity index (χ3v) is 8.90. The van der Waals surface area contributed by atoms with E-state index in [0.29, 0.717) is 34.7 Å². The molecule has 1 saturated heterocycles. The Morgan fingerprint density at radius 3 is 2.33 bits per heavy atom. The Kier molecular flexibility index (Phi) is 5.39. The molecule has 0 aromatic carbocycles. The lowest BCUT2D eigenvalue weighted by Gasteiger charge is -2.30. The van der Waals surface area contributed by atoms with Crippen molar-refractivity contribution in [1.29, 1.82) is 0 Å². The topological polar surface area (TPSA) is 83.6 Å². The Labute approximate surface area is 141 Å². The molecule has 6 nitrogen and oxygen atoms in total. The second-order valence-corrected chi connectivity index (χ2v) is 11.4. The van der Waals surface area contributed by atoms with Gasteiger partial charge >= 0.3 is 0 Å². The smallest absolute Gasteiger partial charge is 0.213 e. The summed E-state index contributed by atoms with van der Waals surface area (Å²) in [7, 11) is -6.84. The lowest BCUT2D eigenvalue weighted by atomic mass is 10.1. The van der Waals surface area contributed by atoms with Gasteiger partial charge in [-0.25, -0.2) is 25.9 Å². The molecular formula is C10H14BrClN2O4S3. The second kappa shape index (κ2) is 6.42. The van der Waals surface area contributed by atoms with Crippen LogP contribution in [-0.2, 0) is 20.0 Å². The molecule has 0 spiro atoms. The van der Waals surface area contributed by atoms with Crippen LogP contribution < -0.4 is 4.72 Å². The summed E-state index contributed by atoms with van der Waals surface area (Å²) in [6.45, 7) is 0.641. The lowest BCUT2D eigenvalue weighted by molar-refractivity contribution is 0.310. The van der Waals surface area contributed by atoms with Crippen LogP contribution in [0.2, 0.25) is 5.02 Å². The van der Waals surface area contributed by atoms with E-state index in [-0.39, 0.29) is 10.3 Å². The second-order valence-electron chi connectivity index (χ2n) is 4.74. The first-order valence-corrected chi connectivity index (χ1v) is 11.3. The number of nitrogens with zero attached hydrogens (tertiary/aromatic N) is 1. The monoisotopic (exact) mass is 436 g/mol. The normalized spacial score (nSPS) is 19.0. The minimum atomic E-state index is -3.63. The lowest BCUT2D eigenvalue weighted by Crippen LogP contribution is -2.46. The molecule has 2 heterocycles. The molecule has 0 saturated carbocycles. The first-order chi connectivity index (χ1) is 9.59. The van der Waals surface area contributed by atoms with E-state index in [1.807, 2.05) is 0 Å². The van der Waals surface area contributed by atoms with E-state index in [2.05, 4.69) is 20.7 Å². The highest BCUT2D eigenvalue weighted by Gasteiger charge is 2.29. The maximum absolute atomic E-state index is 12.2. The van der Waals surface area contributed by atoms with Crippen molar-refractivity contribution < 1.29 is 16.8 Å². The maximum atomic E-state index is 12.2. The van der Waals surface area contributed by atoms with E-state index in [0.717, 1.165) is 17.6 Å². The van der Waals surface area contributed by atoms with Gasteiger partial charge in [-0.15, -0.1) is 11.3 Å². The molecule has 0 amide bonds. The molecule has 2 rings (SSSR count). The quantitative estimate of drug-likeness (QED) is 0.779. The molecule has 21 heavy (non-hydrogen) atoms. The van der Waals surface area contributed by atoms with Crippen LogP contribution in [0.25, 0.3) is 0 Å². The maximum Gasteiger partial charge on any atom is 0.250 e. The van der Waals surface area contributed by atoms with Crippen LogP contribution in [0.4, 0.5) is 0 Å². The summed E-state index contributed by atoms with van der Waals surface area (Å²) in [6.07, 6.45) is 2.06. The third-order valence-electron chi connectivity index (χ3n) is 3.13. The number of piperidine rings is 1. The van der Waals surface area contributed by atoms with Crippen molar-refractivity contribution in [2.24, 2.45) is 0 Å². The predicted octanol–water partition coefficient (Wildman–Crippen LogP) is 1.87. The van der Waals surface area contributed by atoms with Crippen molar-refractivity contribution in [2.45, 2.75) is 23.1 Å². The number of halogens is 2. The van der Waals surface area contributed by atoms with E-state index >= 15 is 0 Å². The molecule has 0 unspecified atom stereocenters. The molecule has 0 atom stereocenters. The van der Waals surface area contributed by atoms with Gasteiger partial charge in [0.2, 0.25) is 20.0 Å². The van der Waals surface area contributed by atoms with Crippen molar-refractivity contribution in [3.8, 4) is 0 Å². The van der Waals surface area contributed by atoms with Crippen LogP contribution in [0.5, 0.6) is 0 Å². The molecule has 0 bridgehead atoms. The Bertz CT molecular complexity index is 704. The third kappa shape index (κ3) is 4.40. The van der Waals surface area contributed by atoms with Gasteiger partial charge in [0.1, 0.15) is 4.21 Å². The summed E-state index contributed by atoms with van der Waals surface area (Å²) in [6, 6.07) is 1.12. The molecule has 120 valence electrons. The van der Waals surface area contributed by atoms with Crippen molar-refractivity contribution >= 4 is 58.9 Å². The zero-order valence-corrected chi connectivity index (χ0v) is 15.8. The minimum absolute atomic E-state index is 0.143. The number of rotatable bonds is 4. The molecular weight excluding hydrogens is 424 g/mol. The van der Waals surface area contributed by atoms with E-state index in [1.165, 1.54) is 10.4 Å². The minimum Gasteiger partial charge on any atom is -0.213 e. The molecule has 0 aliphatic carbocycles. The fraction of sp³-hybridized carbons (Fsp3) is 0.600. The average molecular weight is 438 g/mol. The highest BCUT2D eigenvalue weighted by atomic mass is 79.9. The van der Waals surface area contributed by atoms with E-state index < -0.39 is 20.0 Å². The van der Waals surface area contributed by atoms with Gasteiger partial charge in [-0.1, -0.05) is 11.6 Å². The van der Waals surface area contributed by atoms with Gasteiger partial charge in [-0.3, -0.25) is 0 Å². The van der Waals surface area contributed by atoms with Crippen molar-refractivity contribution in [2.75, 3.05) is 19.3 Å². The van der Waals surface area contributed by atoms with Crippen LogP contribution in [0.3, 0.4) is 0 Å². The Hall–Kier alpha value is 0.290. The summed E-state index contributed by atoms with van der Waals surface area (Å²) in [5, 5.41) is 0.354. The molecule has 1 fully saturated rings. The number of sulfonamides is 2. The van der Waals surface area contributed by atoms with Crippen molar-refractivity contribution in [1.82, 2.24) is 9.03 Å². The fourth-order valence-electron chi connectivity index (χ4n) is 2.04. The van der Waals surface area contributed by atoms with Gasteiger partial charge in [-0.2, -0.15) is 0 Å². The van der Waals surface area contributed by atoms with Crippen molar-refractivity contribution in [3.05, 3.63) is 14.9 Å². The molecule has 11 heteroatoms. The fourth-order valence-corrected chi connectivity index (χ4v) is 6.64. The Balaban J connectivity index is 2.03. The number of hydrogen-bond acceptors (Lipinski definition) is 5. The number of nitrogens with one attached hydrogen (secondary N) is 1. The average Bonchev–Trinajstić information content (AvgIpc) is 2.69. The molecule has 1 aromatic rings.